The summed E-state index contributed by atoms with van der Waals surface area (Å²) in [6.45, 7) is 10.3. The molecule has 0 amide bonds. The molecule has 0 spiro atoms. The molecule has 0 aliphatic heterocycles. The SMILES string of the molecule is CCCCCCCCCCC(CCCCCCCC)C[C@H](O)CN(CCCO)CCCCCCCCCCC(=O)OCCCCCCCC. The molecule has 0 aliphatic rings. The number of hydrogen-bond acceptors (Lipinski definition) is 5. The Morgan fingerprint density at radius 1 is 0.531 bits per heavy atom. The van der Waals surface area contributed by atoms with E-state index in [0.29, 0.717) is 18.9 Å². The number of rotatable bonds is 41. The van der Waals surface area contributed by atoms with Crippen molar-refractivity contribution < 1.29 is 19.7 Å². The first-order chi connectivity index (χ1) is 24.1. The van der Waals surface area contributed by atoms with Crippen LogP contribution >= 0.6 is 0 Å². The van der Waals surface area contributed by atoms with Gasteiger partial charge in [-0.3, -0.25) is 4.79 Å². The van der Waals surface area contributed by atoms with E-state index in [1.165, 1.54) is 173 Å². The molecule has 0 aromatic carbocycles. The zero-order valence-electron chi connectivity index (χ0n) is 33.7. The summed E-state index contributed by atoms with van der Waals surface area (Å²) in [5.41, 5.74) is 0. The Morgan fingerprint density at radius 3 is 1.43 bits per heavy atom. The van der Waals surface area contributed by atoms with E-state index in [9.17, 15) is 15.0 Å². The highest BCUT2D eigenvalue weighted by atomic mass is 16.5. The van der Waals surface area contributed by atoms with Gasteiger partial charge >= 0.3 is 5.97 Å². The molecule has 0 aromatic heterocycles. The van der Waals surface area contributed by atoms with Crippen LogP contribution in [-0.4, -0.2) is 60.0 Å². The number of aliphatic hydroxyl groups excluding tert-OH is 2. The standard InChI is InChI=1S/C44H89NO4/c1-4-7-10-13-16-19-23-28-34-42(33-27-22-14-11-8-5-2)40-43(47)41-45(37-32-38-46)36-30-25-21-18-17-20-24-29-35-44(48)49-39-31-26-15-12-9-6-3/h42-43,46-47H,4-41H2,1-3H3/t42?,43-/m0/s1. The number of unbranched alkanes of at least 4 members (excludes halogenated alkanes) is 24. The monoisotopic (exact) mass is 696 g/mol. The second-order valence-corrected chi connectivity index (χ2v) is 15.5. The van der Waals surface area contributed by atoms with Crippen molar-refractivity contribution in [2.45, 2.75) is 239 Å². The average Bonchev–Trinajstić information content (AvgIpc) is 3.09. The molecule has 0 bridgehead atoms. The van der Waals surface area contributed by atoms with E-state index in [1.54, 1.807) is 0 Å². The quantitative estimate of drug-likeness (QED) is 0.0492. The second kappa shape index (κ2) is 40.1. The smallest absolute Gasteiger partial charge is 0.305 e. The van der Waals surface area contributed by atoms with Crippen LogP contribution in [0.4, 0.5) is 0 Å². The molecular formula is C44H89NO4. The number of ether oxygens (including phenoxy) is 1. The zero-order valence-corrected chi connectivity index (χ0v) is 33.7. The molecule has 0 rings (SSSR count). The largest absolute Gasteiger partial charge is 0.466 e. The summed E-state index contributed by atoms with van der Waals surface area (Å²) in [7, 11) is 0. The van der Waals surface area contributed by atoms with Gasteiger partial charge in [0.1, 0.15) is 0 Å². The van der Waals surface area contributed by atoms with Crippen LogP contribution in [0.3, 0.4) is 0 Å². The molecule has 2 atom stereocenters. The van der Waals surface area contributed by atoms with Crippen LogP contribution in [-0.2, 0) is 9.53 Å². The van der Waals surface area contributed by atoms with E-state index >= 15 is 0 Å². The molecule has 1 unspecified atom stereocenters. The van der Waals surface area contributed by atoms with Gasteiger partial charge in [0.25, 0.3) is 0 Å². The van der Waals surface area contributed by atoms with Crippen LogP contribution in [0.25, 0.3) is 0 Å². The third kappa shape index (κ3) is 36.9. The number of nitrogens with zero attached hydrogens (tertiary/aromatic N) is 1. The maximum absolute atomic E-state index is 12.0. The average molecular weight is 696 g/mol. The molecular weight excluding hydrogens is 606 g/mol. The Labute approximate surface area is 307 Å². The van der Waals surface area contributed by atoms with Crippen LogP contribution in [0, 0.1) is 5.92 Å². The Morgan fingerprint density at radius 2 is 0.939 bits per heavy atom. The molecule has 294 valence electrons. The topological polar surface area (TPSA) is 70.0 Å². The molecule has 0 aromatic rings. The minimum absolute atomic E-state index is 0.0127. The van der Waals surface area contributed by atoms with Gasteiger partial charge in [0, 0.05) is 26.1 Å². The van der Waals surface area contributed by atoms with Crippen LogP contribution in [0.2, 0.25) is 0 Å². The fourth-order valence-electron chi connectivity index (χ4n) is 7.31. The lowest BCUT2D eigenvalue weighted by Gasteiger charge is -2.27. The maximum atomic E-state index is 12.0. The summed E-state index contributed by atoms with van der Waals surface area (Å²) in [5, 5.41) is 20.7. The molecule has 5 nitrogen and oxygen atoms in total. The van der Waals surface area contributed by atoms with Crippen LogP contribution in [0.5, 0.6) is 0 Å². The highest BCUT2D eigenvalue weighted by molar-refractivity contribution is 5.69. The third-order valence-corrected chi connectivity index (χ3v) is 10.5. The number of esters is 1. The van der Waals surface area contributed by atoms with Crippen molar-refractivity contribution in [3.63, 3.8) is 0 Å². The van der Waals surface area contributed by atoms with Gasteiger partial charge in [-0.15, -0.1) is 0 Å². The van der Waals surface area contributed by atoms with Gasteiger partial charge in [0.05, 0.1) is 12.7 Å². The molecule has 0 fully saturated rings. The minimum atomic E-state index is -0.259. The molecule has 49 heavy (non-hydrogen) atoms. The molecule has 0 heterocycles. The minimum Gasteiger partial charge on any atom is -0.466 e. The lowest BCUT2D eigenvalue weighted by Crippen LogP contribution is -2.35. The Bertz CT molecular complexity index is 644. The first-order valence-corrected chi connectivity index (χ1v) is 22.2. The van der Waals surface area contributed by atoms with E-state index in [0.717, 1.165) is 51.7 Å². The molecule has 0 saturated carbocycles. The van der Waals surface area contributed by atoms with Gasteiger partial charge in [-0.05, 0) is 44.6 Å². The normalized spacial score (nSPS) is 12.9. The molecule has 0 aliphatic carbocycles. The van der Waals surface area contributed by atoms with Gasteiger partial charge < -0.3 is 19.8 Å². The predicted molar refractivity (Wildman–Crippen MR) is 213 cm³/mol. The van der Waals surface area contributed by atoms with Gasteiger partial charge in [0.15, 0.2) is 0 Å². The van der Waals surface area contributed by atoms with Crippen molar-refractivity contribution in [1.29, 1.82) is 0 Å². The fourth-order valence-corrected chi connectivity index (χ4v) is 7.31. The fraction of sp³-hybridized carbons (Fsp3) is 0.977. The van der Waals surface area contributed by atoms with Crippen LogP contribution in [0.1, 0.15) is 233 Å². The summed E-state index contributed by atoms with van der Waals surface area (Å²) < 4.78 is 5.40. The molecule has 5 heteroatoms. The number of carbonyl (C=O) groups is 1. The second-order valence-electron chi connectivity index (χ2n) is 15.5. The van der Waals surface area contributed by atoms with E-state index < -0.39 is 0 Å². The predicted octanol–water partition coefficient (Wildman–Crippen LogP) is 12.7. The summed E-state index contributed by atoms with van der Waals surface area (Å²) in [4.78, 5) is 14.4. The lowest BCUT2D eigenvalue weighted by atomic mass is 9.89. The van der Waals surface area contributed by atoms with E-state index in [2.05, 4.69) is 25.7 Å². The third-order valence-electron chi connectivity index (χ3n) is 10.5. The van der Waals surface area contributed by atoms with Gasteiger partial charge in [-0.1, -0.05) is 194 Å². The van der Waals surface area contributed by atoms with E-state index in [4.69, 9.17) is 4.74 Å². The Balaban J connectivity index is 4.22. The Kier molecular flexibility index (Phi) is 39.6. The first kappa shape index (κ1) is 48.3. The van der Waals surface area contributed by atoms with Crippen molar-refractivity contribution in [3.8, 4) is 0 Å². The van der Waals surface area contributed by atoms with Crippen LogP contribution in [0.15, 0.2) is 0 Å². The number of aliphatic hydroxyl groups is 2. The summed E-state index contributed by atoms with van der Waals surface area (Å²) >= 11 is 0. The van der Waals surface area contributed by atoms with Gasteiger partial charge in [-0.2, -0.15) is 0 Å². The van der Waals surface area contributed by atoms with Gasteiger partial charge in [-0.25, -0.2) is 0 Å². The van der Waals surface area contributed by atoms with E-state index in [1.807, 2.05) is 0 Å². The number of hydrogen-bond donors (Lipinski definition) is 2. The highest BCUT2D eigenvalue weighted by Crippen LogP contribution is 2.24. The van der Waals surface area contributed by atoms with Crippen molar-refractivity contribution >= 4 is 5.97 Å². The summed E-state index contributed by atoms with van der Waals surface area (Å²) in [5.74, 6) is 0.637. The van der Waals surface area contributed by atoms with Crippen molar-refractivity contribution in [2.24, 2.45) is 5.92 Å². The number of carbonyl (C=O) groups excluding carboxylic acids is 1. The zero-order chi connectivity index (χ0) is 35.9. The molecule has 0 radical (unpaired) electrons. The van der Waals surface area contributed by atoms with Crippen molar-refractivity contribution in [1.82, 2.24) is 4.90 Å². The van der Waals surface area contributed by atoms with Crippen molar-refractivity contribution in [3.05, 3.63) is 0 Å². The Hall–Kier alpha value is -0.650. The summed E-state index contributed by atoms with van der Waals surface area (Å²) in [6, 6.07) is 0. The molecule has 0 saturated heterocycles. The molecule has 2 N–H and O–H groups in total. The van der Waals surface area contributed by atoms with Crippen LogP contribution < -0.4 is 0 Å². The van der Waals surface area contributed by atoms with Gasteiger partial charge in [0.2, 0.25) is 0 Å². The highest BCUT2D eigenvalue weighted by Gasteiger charge is 2.18. The first-order valence-electron chi connectivity index (χ1n) is 22.2. The lowest BCUT2D eigenvalue weighted by molar-refractivity contribution is -0.143. The summed E-state index contributed by atoms with van der Waals surface area (Å²) in [6.07, 6.45) is 40.4. The van der Waals surface area contributed by atoms with E-state index in [-0.39, 0.29) is 18.7 Å². The van der Waals surface area contributed by atoms with Crippen molar-refractivity contribution in [2.75, 3.05) is 32.8 Å². The maximum Gasteiger partial charge on any atom is 0.305 e.